The number of methoxy groups -OCH3 is 1. The molecular formula is C14H12N2O4. The molecule has 102 valence electrons. The molecule has 2 N–H and O–H groups in total. The summed E-state index contributed by atoms with van der Waals surface area (Å²) in [6.07, 6.45) is 2.04. The van der Waals surface area contributed by atoms with E-state index in [9.17, 15) is 9.59 Å². The van der Waals surface area contributed by atoms with Gasteiger partial charge in [-0.25, -0.2) is 4.98 Å². The van der Waals surface area contributed by atoms with Crippen LogP contribution < -0.4 is 15.2 Å². The molecule has 0 aliphatic carbocycles. The Morgan fingerprint density at radius 1 is 1.25 bits per heavy atom. The molecule has 0 radical (unpaired) electrons. The molecule has 2 aromatic rings. The fourth-order valence-electron chi connectivity index (χ4n) is 1.54. The number of carbonyl (C=O) groups is 2. The molecule has 0 saturated carbocycles. The summed E-state index contributed by atoms with van der Waals surface area (Å²) < 4.78 is 10.7. The van der Waals surface area contributed by atoms with Crippen LogP contribution in [0.4, 0.5) is 0 Å². The van der Waals surface area contributed by atoms with Crippen LogP contribution in [0.2, 0.25) is 0 Å². The van der Waals surface area contributed by atoms with Crippen molar-refractivity contribution in [3.05, 3.63) is 47.7 Å². The van der Waals surface area contributed by atoms with E-state index in [-0.39, 0.29) is 5.88 Å². The Bertz CT molecular complexity index is 638. The minimum absolute atomic E-state index is 0.284. The van der Waals surface area contributed by atoms with Crippen molar-refractivity contribution in [3.8, 4) is 17.4 Å². The lowest BCUT2D eigenvalue weighted by atomic mass is 10.2. The van der Waals surface area contributed by atoms with E-state index in [1.807, 2.05) is 0 Å². The maximum absolute atomic E-state index is 10.9. The quantitative estimate of drug-likeness (QED) is 0.838. The summed E-state index contributed by atoms with van der Waals surface area (Å²) in [5.41, 5.74) is 5.89. The molecule has 2 rings (SSSR count). The van der Waals surface area contributed by atoms with Crippen LogP contribution in [0.25, 0.3) is 0 Å². The zero-order chi connectivity index (χ0) is 14.5. The van der Waals surface area contributed by atoms with Gasteiger partial charge in [-0.3, -0.25) is 9.59 Å². The van der Waals surface area contributed by atoms with Gasteiger partial charge in [0.05, 0.1) is 12.7 Å². The summed E-state index contributed by atoms with van der Waals surface area (Å²) in [5.74, 6) is 0.553. The molecule has 1 aromatic heterocycles. The van der Waals surface area contributed by atoms with E-state index < -0.39 is 5.91 Å². The Hall–Kier alpha value is -2.89. The highest BCUT2D eigenvalue weighted by Gasteiger charge is 2.08. The van der Waals surface area contributed by atoms with Gasteiger partial charge in [-0.2, -0.15) is 0 Å². The molecule has 0 spiro atoms. The van der Waals surface area contributed by atoms with Crippen molar-refractivity contribution in [1.29, 1.82) is 0 Å². The number of pyridine rings is 1. The number of aldehydes is 1. The van der Waals surface area contributed by atoms with Crippen molar-refractivity contribution in [2.45, 2.75) is 0 Å². The monoisotopic (exact) mass is 272 g/mol. The summed E-state index contributed by atoms with van der Waals surface area (Å²) >= 11 is 0. The first kappa shape index (κ1) is 13.5. The second-order valence-electron chi connectivity index (χ2n) is 3.88. The first-order chi connectivity index (χ1) is 9.63. The maximum atomic E-state index is 10.9. The average molecular weight is 272 g/mol. The van der Waals surface area contributed by atoms with E-state index in [0.29, 0.717) is 28.9 Å². The second-order valence-corrected chi connectivity index (χ2v) is 3.88. The van der Waals surface area contributed by atoms with E-state index in [1.165, 1.54) is 25.4 Å². The minimum atomic E-state index is -0.558. The predicted molar refractivity (Wildman–Crippen MR) is 71.2 cm³/mol. The number of nitrogens with two attached hydrogens (primary N) is 1. The lowest BCUT2D eigenvalue weighted by Crippen LogP contribution is -2.10. The van der Waals surface area contributed by atoms with Crippen molar-refractivity contribution < 1.29 is 19.1 Å². The highest BCUT2D eigenvalue weighted by Crippen LogP contribution is 2.31. The smallest absolute Gasteiger partial charge is 0.250 e. The average Bonchev–Trinajstić information content (AvgIpc) is 2.48. The van der Waals surface area contributed by atoms with Gasteiger partial charge in [0.1, 0.15) is 6.29 Å². The zero-order valence-electron chi connectivity index (χ0n) is 10.7. The van der Waals surface area contributed by atoms with E-state index in [1.54, 1.807) is 18.2 Å². The lowest BCUT2D eigenvalue weighted by molar-refractivity contribution is 0.0999. The van der Waals surface area contributed by atoms with E-state index in [0.717, 1.165) is 0 Å². The van der Waals surface area contributed by atoms with Crippen LogP contribution in [0.5, 0.6) is 17.4 Å². The van der Waals surface area contributed by atoms with Gasteiger partial charge in [0.2, 0.25) is 11.8 Å². The number of hydrogen-bond acceptors (Lipinski definition) is 5. The fraction of sp³-hybridized carbons (Fsp3) is 0.0714. The van der Waals surface area contributed by atoms with Gasteiger partial charge in [0.15, 0.2) is 11.5 Å². The van der Waals surface area contributed by atoms with Crippen LogP contribution in [-0.2, 0) is 0 Å². The Kier molecular flexibility index (Phi) is 3.95. The van der Waals surface area contributed by atoms with Crippen molar-refractivity contribution in [1.82, 2.24) is 4.98 Å². The third-order valence-electron chi connectivity index (χ3n) is 2.56. The van der Waals surface area contributed by atoms with Gasteiger partial charge in [0.25, 0.3) is 0 Å². The number of ether oxygens (including phenoxy) is 2. The molecule has 0 fully saturated rings. The van der Waals surface area contributed by atoms with E-state index in [2.05, 4.69) is 4.98 Å². The summed E-state index contributed by atoms with van der Waals surface area (Å²) in [6.45, 7) is 0. The number of rotatable bonds is 5. The summed E-state index contributed by atoms with van der Waals surface area (Å²) in [7, 11) is 1.47. The molecule has 0 unspecified atom stereocenters. The molecule has 1 heterocycles. The van der Waals surface area contributed by atoms with Crippen LogP contribution in [0, 0.1) is 0 Å². The summed E-state index contributed by atoms with van der Waals surface area (Å²) in [5, 5.41) is 0. The van der Waals surface area contributed by atoms with Crippen LogP contribution >= 0.6 is 0 Å². The molecule has 0 saturated heterocycles. The number of amides is 1. The Labute approximate surface area is 115 Å². The Balaban J connectivity index is 2.25. The SMILES string of the molecule is COc1cc(C=O)ccc1Oc1ccc(C(N)=O)cn1. The molecule has 0 bridgehead atoms. The number of hydrogen-bond donors (Lipinski definition) is 1. The largest absolute Gasteiger partial charge is 0.493 e. The van der Waals surface area contributed by atoms with Gasteiger partial charge in [-0.15, -0.1) is 0 Å². The molecule has 20 heavy (non-hydrogen) atoms. The van der Waals surface area contributed by atoms with Crippen LogP contribution in [-0.4, -0.2) is 24.3 Å². The fourth-order valence-corrected chi connectivity index (χ4v) is 1.54. The topological polar surface area (TPSA) is 91.5 Å². The standard InChI is InChI=1S/C14H12N2O4/c1-19-12-6-9(8-17)2-4-11(12)20-13-5-3-10(7-16-13)14(15)18/h2-8H,1H3,(H2,15,18). The van der Waals surface area contributed by atoms with Crippen LogP contribution in [0.3, 0.4) is 0 Å². The van der Waals surface area contributed by atoms with Crippen molar-refractivity contribution in [3.63, 3.8) is 0 Å². The van der Waals surface area contributed by atoms with Crippen LogP contribution in [0.15, 0.2) is 36.5 Å². The van der Waals surface area contributed by atoms with Gasteiger partial charge in [-0.05, 0) is 24.3 Å². The number of benzene rings is 1. The first-order valence-corrected chi connectivity index (χ1v) is 5.71. The van der Waals surface area contributed by atoms with Crippen molar-refractivity contribution in [2.24, 2.45) is 5.73 Å². The van der Waals surface area contributed by atoms with Gasteiger partial charge in [-0.1, -0.05) is 0 Å². The normalized spacial score (nSPS) is 9.85. The lowest BCUT2D eigenvalue weighted by Gasteiger charge is -2.10. The van der Waals surface area contributed by atoms with Crippen LogP contribution in [0.1, 0.15) is 20.7 Å². The minimum Gasteiger partial charge on any atom is -0.493 e. The third-order valence-corrected chi connectivity index (χ3v) is 2.56. The van der Waals surface area contributed by atoms with Gasteiger partial charge >= 0.3 is 0 Å². The molecule has 1 amide bonds. The maximum Gasteiger partial charge on any atom is 0.250 e. The molecule has 6 heteroatoms. The molecule has 0 aliphatic heterocycles. The Morgan fingerprint density at radius 2 is 2.05 bits per heavy atom. The highest BCUT2D eigenvalue weighted by molar-refractivity contribution is 5.92. The second kappa shape index (κ2) is 5.83. The van der Waals surface area contributed by atoms with E-state index >= 15 is 0 Å². The molecule has 0 aliphatic rings. The number of primary amides is 1. The van der Waals surface area contributed by atoms with Crippen molar-refractivity contribution in [2.75, 3.05) is 7.11 Å². The molecule has 1 aromatic carbocycles. The number of nitrogens with zero attached hydrogens (tertiary/aromatic N) is 1. The molecular weight excluding hydrogens is 260 g/mol. The number of aromatic nitrogens is 1. The summed E-state index contributed by atoms with van der Waals surface area (Å²) in [4.78, 5) is 25.6. The first-order valence-electron chi connectivity index (χ1n) is 5.71. The van der Waals surface area contributed by atoms with E-state index in [4.69, 9.17) is 15.2 Å². The number of carbonyl (C=O) groups excluding carboxylic acids is 2. The van der Waals surface area contributed by atoms with Crippen molar-refractivity contribution >= 4 is 12.2 Å². The third kappa shape index (κ3) is 2.92. The highest BCUT2D eigenvalue weighted by atomic mass is 16.5. The van der Waals surface area contributed by atoms with Gasteiger partial charge in [0, 0.05) is 17.8 Å². The predicted octanol–water partition coefficient (Wildman–Crippen LogP) is 1.79. The van der Waals surface area contributed by atoms with Gasteiger partial charge < -0.3 is 15.2 Å². The Morgan fingerprint density at radius 3 is 2.60 bits per heavy atom. The molecule has 6 nitrogen and oxygen atoms in total. The molecule has 0 atom stereocenters. The zero-order valence-corrected chi connectivity index (χ0v) is 10.7. The summed E-state index contributed by atoms with van der Waals surface area (Å²) in [6, 6.07) is 7.79.